The molecule has 1 rings (SSSR count). The van der Waals surface area contributed by atoms with Crippen molar-refractivity contribution in [2.45, 2.75) is 20.8 Å². The van der Waals surface area contributed by atoms with Crippen LogP contribution in [0.3, 0.4) is 0 Å². The first-order valence-corrected chi connectivity index (χ1v) is 5.19. The number of rotatable bonds is 3. The van der Waals surface area contributed by atoms with E-state index in [1.54, 1.807) is 13.8 Å². The van der Waals surface area contributed by atoms with Crippen molar-refractivity contribution in [3.8, 4) is 5.75 Å². The van der Waals surface area contributed by atoms with Crippen LogP contribution < -0.4 is 10.1 Å². The normalized spacial score (nSPS) is 10.2. The Balaban J connectivity index is 2.90. The summed E-state index contributed by atoms with van der Waals surface area (Å²) in [6.07, 6.45) is 0. The summed E-state index contributed by atoms with van der Waals surface area (Å²) in [5, 5.41) is 2.42. The summed E-state index contributed by atoms with van der Waals surface area (Å²) >= 11 is 0. The Morgan fingerprint density at radius 2 is 2.00 bits per heavy atom. The third-order valence-corrected chi connectivity index (χ3v) is 1.98. The van der Waals surface area contributed by atoms with Crippen molar-refractivity contribution in [2.24, 2.45) is 5.92 Å². The molecule has 0 bridgehead atoms. The quantitative estimate of drug-likeness (QED) is 0.650. The number of carbonyl (C=O) groups is 2. The number of carbonyl (C=O) groups excluding carboxylic acids is 2. The fourth-order valence-electron chi connectivity index (χ4n) is 1.11. The molecule has 1 amide bonds. The molecule has 0 unspecified atom stereocenters. The Hall–Kier alpha value is -1.91. The average Bonchev–Trinajstić information content (AvgIpc) is 2.22. The number of nitrogens with one attached hydrogen (secondary N) is 1. The number of hydrogen-bond donors (Lipinski definition) is 1. The van der Waals surface area contributed by atoms with Crippen molar-refractivity contribution in [2.75, 3.05) is 5.32 Å². The molecule has 92 valence electrons. The van der Waals surface area contributed by atoms with Crippen LogP contribution >= 0.6 is 0 Å². The van der Waals surface area contributed by atoms with Crippen molar-refractivity contribution >= 4 is 17.6 Å². The predicted molar refractivity (Wildman–Crippen MR) is 61.2 cm³/mol. The highest BCUT2D eigenvalue weighted by molar-refractivity contribution is 5.92. The average molecular weight is 239 g/mol. The lowest BCUT2D eigenvalue weighted by molar-refractivity contribution is -0.131. The molecule has 1 aromatic rings. The second kappa shape index (κ2) is 5.43. The molecule has 0 aliphatic rings. The maximum absolute atomic E-state index is 13.4. The van der Waals surface area contributed by atoms with Gasteiger partial charge in [0.15, 0.2) is 0 Å². The van der Waals surface area contributed by atoms with Gasteiger partial charge in [0.25, 0.3) is 0 Å². The molecule has 0 aromatic heterocycles. The van der Waals surface area contributed by atoms with Crippen LogP contribution in [0.1, 0.15) is 20.8 Å². The van der Waals surface area contributed by atoms with Gasteiger partial charge in [-0.3, -0.25) is 9.59 Å². The lowest BCUT2D eigenvalue weighted by atomic mass is 10.2. The summed E-state index contributed by atoms with van der Waals surface area (Å²) in [5.41, 5.74) is 0.00227. The van der Waals surface area contributed by atoms with Gasteiger partial charge in [0.05, 0.1) is 5.69 Å². The van der Waals surface area contributed by atoms with Gasteiger partial charge in [-0.1, -0.05) is 13.8 Å². The standard InChI is InChI=1S/C12H14FNO3/c1-7(2)12(16)14-11-6-9(17-8(3)15)4-5-10(11)13/h4-7H,1-3H3,(H,14,16). The van der Waals surface area contributed by atoms with E-state index in [2.05, 4.69) is 5.32 Å². The Morgan fingerprint density at radius 3 is 2.53 bits per heavy atom. The summed E-state index contributed by atoms with van der Waals surface area (Å²) in [7, 11) is 0. The molecular formula is C12H14FNO3. The Labute approximate surface area is 98.8 Å². The fourth-order valence-corrected chi connectivity index (χ4v) is 1.11. The third kappa shape index (κ3) is 3.86. The minimum absolute atomic E-state index is 0.00227. The first-order chi connectivity index (χ1) is 7.90. The lowest BCUT2D eigenvalue weighted by Crippen LogP contribution is -2.18. The molecule has 5 heteroatoms. The van der Waals surface area contributed by atoms with Gasteiger partial charge in [0, 0.05) is 18.9 Å². The highest BCUT2D eigenvalue weighted by Gasteiger charge is 2.11. The Morgan fingerprint density at radius 1 is 1.35 bits per heavy atom. The van der Waals surface area contributed by atoms with Gasteiger partial charge in [-0.15, -0.1) is 0 Å². The number of halogens is 1. The fraction of sp³-hybridized carbons (Fsp3) is 0.333. The highest BCUT2D eigenvalue weighted by Crippen LogP contribution is 2.22. The minimum atomic E-state index is -0.574. The van der Waals surface area contributed by atoms with Crippen LogP contribution in [0.4, 0.5) is 10.1 Å². The van der Waals surface area contributed by atoms with E-state index in [9.17, 15) is 14.0 Å². The summed E-state index contributed by atoms with van der Waals surface area (Å²) in [6, 6.07) is 3.73. The number of ether oxygens (including phenoxy) is 1. The number of benzene rings is 1. The van der Waals surface area contributed by atoms with E-state index in [0.717, 1.165) is 6.07 Å². The van der Waals surface area contributed by atoms with Crippen molar-refractivity contribution in [3.63, 3.8) is 0 Å². The van der Waals surface area contributed by atoms with Crippen molar-refractivity contribution < 1.29 is 18.7 Å². The second-order valence-corrected chi connectivity index (χ2v) is 3.88. The van der Waals surface area contributed by atoms with Crippen LogP contribution in [0.5, 0.6) is 5.75 Å². The number of anilines is 1. The van der Waals surface area contributed by atoms with Gasteiger partial charge in [0.2, 0.25) is 5.91 Å². The highest BCUT2D eigenvalue weighted by atomic mass is 19.1. The van der Waals surface area contributed by atoms with Crippen molar-refractivity contribution in [3.05, 3.63) is 24.0 Å². The molecule has 0 saturated carbocycles. The van der Waals surface area contributed by atoms with E-state index in [1.807, 2.05) is 0 Å². The summed E-state index contributed by atoms with van der Waals surface area (Å²) < 4.78 is 18.2. The third-order valence-electron chi connectivity index (χ3n) is 1.98. The van der Waals surface area contributed by atoms with Gasteiger partial charge in [-0.05, 0) is 12.1 Å². The van der Waals surface area contributed by atoms with Gasteiger partial charge in [-0.25, -0.2) is 4.39 Å². The van der Waals surface area contributed by atoms with Gasteiger partial charge >= 0.3 is 5.97 Å². The zero-order chi connectivity index (χ0) is 13.0. The second-order valence-electron chi connectivity index (χ2n) is 3.88. The molecule has 0 fully saturated rings. The largest absolute Gasteiger partial charge is 0.427 e. The van der Waals surface area contributed by atoms with Crippen LogP contribution in [-0.4, -0.2) is 11.9 Å². The molecule has 0 saturated heterocycles. The van der Waals surface area contributed by atoms with Crippen LogP contribution in [-0.2, 0) is 9.59 Å². The molecule has 1 aromatic carbocycles. The topological polar surface area (TPSA) is 55.4 Å². The predicted octanol–water partition coefficient (Wildman–Crippen LogP) is 2.35. The van der Waals surface area contributed by atoms with E-state index in [0.29, 0.717) is 0 Å². The first kappa shape index (κ1) is 13.2. The lowest BCUT2D eigenvalue weighted by Gasteiger charge is -2.10. The monoisotopic (exact) mass is 239 g/mol. The van der Waals surface area contributed by atoms with Gasteiger partial charge in [-0.2, -0.15) is 0 Å². The van der Waals surface area contributed by atoms with Gasteiger partial charge < -0.3 is 10.1 Å². The molecule has 4 nitrogen and oxygen atoms in total. The molecule has 1 N–H and O–H groups in total. The van der Waals surface area contributed by atoms with Crippen LogP contribution in [0.2, 0.25) is 0 Å². The van der Waals surface area contributed by atoms with E-state index in [1.165, 1.54) is 19.1 Å². The first-order valence-electron chi connectivity index (χ1n) is 5.19. The SMILES string of the molecule is CC(=O)Oc1ccc(F)c(NC(=O)C(C)C)c1. The van der Waals surface area contributed by atoms with Gasteiger partial charge in [0.1, 0.15) is 11.6 Å². The number of hydrogen-bond acceptors (Lipinski definition) is 3. The maximum atomic E-state index is 13.4. The zero-order valence-corrected chi connectivity index (χ0v) is 9.91. The Kier molecular flexibility index (Phi) is 4.20. The smallest absolute Gasteiger partial charge is 0.308 e. The van der Waals surface area contributed by atoms with Crippen molar-refractivity contribution in [1.82, 2.24) is 0 Å². The number of esters is 1. The van der Waals surface area contributed by atoms with Crippen molar-refractivity contribution in [1.29, 1.82) is 0 Å². The molecule has 0 aliphatic heterocycles. The molecule has 0 radical (unpaired) electrons. The summed E-state index contributed by atoms with van der Waals surface area (Å²) in [4.78, 5) is 22.1. The summed E-state index contributed by atoms with van der Waals surface area (Å²) in [6.45, 7) is 4.64. The van der Waals surface area contributed by atoms with Crippen LogP contribution in [0.15, 0.2) is 18.2 Å². The van der Waals surface area contributed by atoms with E-state index < -0.39 is 11.8 Å². The molecule has 0 spiro atoms. The molecule has 0 atom stereocenters. The van der Waals surface area contributed by atoms with E-state index in [-0.39, 0.29) is 23.3 Å². The zero-order valence-electron chi connectivity index (χ0n) is 9.91. The molecular weight excluding hydrogens is 225 g/mol. The molecule has 0 heterocycles. The Bertz CT molecular complexity index is 443. The van der Waals surface area contributed by atoms with E-state index in [4.69, 9.17) is 4.74 Å². The summed E-state index contributed by atoms with van der Waals surface area (Å²) in [5.74, 6) is -1.44. The van der Waals surface area contributed by atoms with Crippen LogP contribution in [0.25, 0.3) is 0 Å². The molecule has 17 heavy (non-hydrogen) atoms. The van der Waals surface area contributed by atoms with E-state index >= 15 is 0 Å². The number of amides is 1. The van der Waals surface area contributed by atoms with Crippen LogP contribution in [0, 0.1) is 11.7 Å². The minimum Gasteiger partial charge on any atom is -0.427 e. The molecule has 0 aliphatic carbocycles. The maximum Gasteiger partial charge on any atom is 0.308 e.